The van der Waals surface area contributed by atoms with Gasteiger partial charge in [0.1, 0.15) is 0 Å². The summed E-state index contributed by atoms with van der Waals surface area (Å²) in [5.74, 6) is 0. The normalized spacial score (nSPS) is 22.9. The van der Waals surface area contributed by atoms with E-state index < -0.39 is 18.3 Å². The van der Waals surface area contributed by atoms with Crippen molar-refractivity contribution in [3.8, 4) is 0 Å². The van der Waals surface area contributed by atoms with Crippen LogP contribution in [0, 0.1) is 6.92 Å². The van der Waals surface area contributed by atoms with Gasteiger partial charge in [-0.05, 0) is 42.8 Å². The van der Waals surface area contributed by atoms with Crippen molar-refractivity contribution >= 4 is 18.3 Å². The molecule has 1 fully saturated rings. The van der Waals surface area contributed by atoms with Crippen molar-refractivity contribution in [2.45, 2.75) is 62.8 Å². The zero-order valence-corrected chi connectivity index (χ0v) is 19.5. The van der Waals surface area contributed by atoms with Gasteiger partial charge in [-0.2, -0.15) is 4.31 Å². The van der Waals surface area contributed by atoms with Crippen LogP contribution in [0.4, 0.5) is 0 Å². The summed E-state index contributed by atoms with van der Waals surface area (Å²) in [6, 6.07) is 16.6. The number of nitrogens with zero attached hydrogens (tertiary/aromatic N) is 1. The van der Waals surface area contributed by atoms with Crippen LogP contribution in [-0.2, 0) is 14.4 Å². The predicted octanol–water partition coefficient (Wildman–Crippen LogP) is 5.13. The number of benzene rings is 2. The van der Waals surface area contributed by atoms with Gasteiger partial charge in [-0.3, -0.25) is 0 Å². The van der Waals surface area contributed by atoms with Gasteiger partial charge in [-0.15, -0.1) is 0 Å². The molecular weight excluding hydrogens is 386 g/mol. The van der Waals surface area contributed by atoms with E-state index in [4.69, 9.17) is 4.43 Å². The van der Waals surface area contributed by atoms with Crippen LogP contribution in [0.2, 0.25) is 18.1 Å². The highest BCUT2D eigenvalue weighted by molar-refractivity contribution is 7.89. The second-order valence-electron chi connectivity index (χ2n) is 9.14. The van der Waals surface area contributed by atoms with Gasteiger partial charge < -0.3 is 4.43 Å². The second kappa shape index (κ2) is 7.41. The Balaban J connectivity index is 1.88. The summed E-state index contributed by atoms with van der Waals surface area (Å²) in [5, 5.41) is 0.0881. The summed E-state index contributed by atoms with van der Waals surface area (Å²) in [5.41, 5.74) is 2.06. The average Bonchev–Trinajstić information content (AvgIpc) is 3.36. The monoisotopic (exact) mass is 417 g/mol. The van der Waals surface area contributed by atoms with E-state index >= 15 is 0 Å². The lowest BCUT2D eigenvalue weighted by Gasteiger charge is -2.36. The summed E-state index contributed by atoms with van der Waals surface area (Å²) in [7, 11) is -5.52. The molecule has 2 aromatic rings. The molecule has 3 atom stereocenters. The SMILES string of the molecule is Cc1ccc(S(=O)(=O)N2[C@H](CO[Si](C)(C)C(C)(C)C)[C@@H]2c2ccccc2)cc1. The smallest absolute Gasteiger partial charge is 0.244 e. The Morgan fingerprint density at radius 2 is 1.57 bits per heavy atom. The highest BCUT2D eigenvalue weighted by Gasteiger charge is 2.57. The molecule has 1 saturated heterocycles. The maximum absolute atomic E-state index is 13.3. The van der Waals surface area contributed by atoms with Crippen LogP contribution >= 0.6 is 0 Å². The van der Waals surface area contributed by atoms with Crippen LogP contribution in [0.15, 0.2) is 59.5 Å². The minimum Gasteiger partial charge on any atom is -0.415 e. The molecule has 0 N–H and O–H groups in total. The first-order valence-electron chi connectivity index (χ1n) is 9.74. The van der Waals surface area contributed by atoms with Crippen molar-refractivity contribution in [3.05, 3.63) is 65.7 Å². The number of hydrogen-bond donors (Lipinski definition) is 0. The minimum atomic E-state index is -3.56. The van der Waals surface area contributed by atoms with E-state index in [9.17, 15) is 8.42 Å². The summed E-state index contributed by atoms with van der Waals surface area (Å²) in [6.07, 6.45) is 0. The van der Waals surface area contributed by atoms with Gasteiger partial charge in [-0.1, -0.05) is 68.8 Å². The fourth-order valence-electron chi connectivity index (χ4n) is 3.11. The third kappa shape index (κ3) is 4.10. The van der Waals surface area contributed by atoms with Gasteiger partial charge in [0.2, 0.25) is 10.0 Å². The molecule has 1 aliphatic heterocycles. The van der Waals surface area contributed by atoms with Gasteiger partial charge >= 0.3 is 0 Å². The molecule has 2 aromatic carbocycles. The zero-order valence-electron chi connectivity index (χ0n) is 17.6. The minimum absolute atomic E-state index is 0.0881. The van der Waals surface area contributed by atoms with E-state index in [0.29, 0.717) is 11.5 Å². The lowest BCUT2D eigenvalue weighted by Crippen LogP contribution is -2.42. The van der Waals surface area contributed by atoms with Crippen molar-refractivity contribution in [1.29, 1.82) is 0 Å². The molecule has 0 aromatic heterocycles. The fourth-order valence-corrected chi connectivity index (χ4v) is 5.89. The number of aryl methyl sites for hydroxylation is 1. The molecule has 0 aliphatic carbocycles. The topological polar surface area (TPSA) is 46.4 Å². The van der Waals surface area contributed by atoms with Gasteiger partial charge in [0.05, 0.1) is 23.6 Å². The van der Waals surface area contributed by atoms with Crippen LogP contribution < -0.4 is 0 Å². The number of sulfonamides is 1. The molecule has 1 aliphatic rings. The van der Waals surface area contributed by atoms with Gasteiger partial charge in [0.15, 0.2) is 8.32 Å². The molecule has 3 rings (SSSR count). The quantitative estimate of drug-likeness (QED) is 0.483. The average molecular weight is 418 g/mol. The lowest BCUT2D eigenvalue weighted by molar-refractivity contribution is 0.280. The summed E-state index contributed by atoms with van der Waals surface area (Å²) < 4.78 is 34.6. The van der Waals surface area contributed by atoms with Crippen molar-refractivity contribution in [3.63, 3.8) is 0 Å². The first-order valence-corrected chi connectivity index (χ1v) is 14.1. The van der Waals surface area contributed by atoms with E-state index in [0.717, 1.165) is 11.1 Å². The molecule has 0 radical (unpaired) electrons. The molecule has 0 bridgehead atoms. The van der Waals surface area contributed by atoms with Gasteiger partial charge in [0, 0.05) is 0 Å². The molecule has 0 saturated carbocycles. The van der Waals surface area contributed by atoms with Crippen molar-refractivity contribution in [2.24, 2.45) is 0 Å². The van der Waals surface area contributed by atoms with Crippen LogP contribution in [0.5, 0.6) is 0 Å². The molecular formula is C22H31NO3SSi. The Kier molecular flexibility index (Phi) is 5.62. The summed E-state index contributed by atoms with van der Waals surface area (Å²) in [6.45, 7) is 13.4. The summed E-state index contributed by atoms with van der Waals surface area (Å²) in [4.78, 5) is 0.342. The highest BCUT2D eigenvalue weighted by Crippen LogP contribution is 2.48. The second-order valence-corrected chi connectivity index (χ2v) is 15.8. The van der Waals surface area contributed by atoms with Gasteiger partial charge in [0.25, 0.3) is 0 Å². The largest absolute Gasteiger partial charge is 0.415 e. The number of rotatable bonds is 6. The Hall–Kier alpha value is -1.47. The summed E-state index contributed by atoms with van der Waals surface area (Å²) >= 11 is 0. The first kappa shape index (κ1) is 21.2. The van der Waals surface area contributed by atoms with Gasteiger partial charge in [-0.25, -0.2) is 8.42 Å². The molecule has 4 nitrogen and oxygen atoms in total. The Morgan fingerprint density at radius 3 is 2.11 bits per heavy atom. The molecule has 28 heavy (non-hydrogen) atoms. The van der Waals surface area contributed by atoms with Crippen LogP contribution in [-0.4, -0.2) is 33.7 Å². The molecule has 0 amide bonds. The molecule has 0 spiro atoms. The Labute approximate surface area is 170 Å². The molecule has 6 heteroatoms. The third-order valence-corrected chi connectivity index (χ3v) is 12.5. The third-order valence-electron chi connectivity index (χ3n) is 6.03. The standard InChI is InChI=1S/C22H31NO3SSi/c1-17-12-14-19(15-13-17)27(24,25)23-20(16-26-28(5,6)22(2,3)4)21(23)18-10-8-7-9-11-18/h7-15,20-21H,16H2,1-6H3/t20-,21+,23?/m1/s1. The zero-order chi connectivity index (χ0) is 20.7. The maximum Gasteiger partial charge on any atom is 0.244 e. The lowest BCUT2D eigenvalue weighted by atomic mass is 10.1. The Bertz CT molecular complexity index is 919. The van der Waals surface area contributed by atoms with E-state index in [-0.39, 0.29) is 17.1 Å². The van der Waals surface area contributed by atoms with E-state index in [1.54, 1.807) is 16.4 Å². The van der Waals surface area contributed by atoms with E-state index in [1.165, 1.54) is 0 Å². The van der Waals surface area contributed by atoms with Crippen LogP contribution in [0.25, 0.3) is 0 Å². The Morgan fingerprint density at radius 1 is 1.00 bits per heavy atom. The van der Waals surface area contributed by atoms with E-state index in [2.05, 4.69) is 33.9 Å². The van der Waals surface area contributed by atoms with Crippen LogP contribution in [0.3, 0.4) is 0 Å². The van der Waals surface area contributed by atoms with Crippen molar-refractivity contribution in [2.75, 3.05) is 6.61 Å². The molecule has 1 unspecified atom stereocenters. The molecule has 1 heterocycles. The number of hydrogen-bond acceptors (Lipinski definition) is 3. The predicted molar refractivity (Wildman–Crippen MR) is 116 cm³/mol. The first-order chi connectivity index (χ1) is 12.9. The molecule has 152 valence electrons. The van der Waals surface area contributed by atoms with Crippen molar-refractivity contribution in [1.82, 2.24) is 4.31 Å². The maximum atomic E-state index is 13.3. The van der Waals surface area contributed by atoms with E-state index in [1.807, 2.05) is 49.4 Å². The highest BCUT2D eigenvalue weighted by atomic mass is 32.2. The fraction of sp³-hybridized carbons (Fsp3) is 0.455. The van der Waals surface area contributed by atoms with Crippen molar-refractivity contribution < 1.29 is 12.8 Å². The van der Waals surface area contributed by atoms with Crippen LogP contribution in [0.1, 0.15) is 37.9 Å².